The van der Waals surface area contributed by atoms with Crippen LogP contribution in [0.25, 0.3) is 0 Å². The SMILES string of the molecule is CSCCCC(C(=O)O)C1CCS(=O)(=O)C1. The zero-order valence-corrected chi connectivity index (χ0v) is 11.0. The number of carboxylic acid groups (broad SMARTS) is 1. The van der Waals surface area contributed by atoms with E-state index in [-0.39, 0.29) is 17.4 Å². The van der Waals surface area contributed by atoms with E-state index in [1.165, 1.54) is 0 Å². The molecule has 0 saturated carbocycles. The molecule has 1 heterocycles. The molecule has 2 atom stereocenters. The maximum absolute atomic E-state index is 11.3. The molecular weight excluding hydrogens is 248 g/mol. The van der Waals surface area contributed by atoms with Crippen LogP contribution >= 0.6 is 11.8 Å². The lowest BCUT2D eigenvalue weighted by molar-refractivity contribution is -0.143. The van der Waals surface area contributed by atoms with Crippen molar-refractivity contribution in [1.29, 1.82) is 0 Å². The summed E-state index contributed by atoms with van der Waals surface area (Å²) >= 11 is 1.69. The molecule has 1 saturated heterocycles. The molecule has 1 rings (SSSR count). The van der Waals surface area contributed by atoms with Crippen LogP contribution in [0.4, 0.5) is 0 Å². The summed E-state index contributed by atoms with van der Waals surface area (Å²) in [6, 6.07) is 0. The van der Waals surface area contributed by atoms with Gasteiger partial charge in [0.25, 0.3) is 0 Å². The summed E-state index contributed by atoms with van der Waals surface area (Å²) in [5.41, 5.74) is 0. The quantitative estimate of drug-likeness (QED) is 0.733. The second kappa shape index (κ2) is 5.91. The number of sulfone groups is 1. The largest absolute Gasteiger partial charge is 0.481 e. The Morgan fingerprint density at radius 2 is 2.25 bits per heavy atom. The first-order valence-corrected chi connectivity index (χ1v) is 8.60. The second-order valence-corrected chi connectivity index (χ2v) is 7.46. The third-order valence-corrected chi connectivity index (χ3v) is 5.51. The Morgan fingerprint density at radius 3 is 2.69 bits per heavy atom. The summed E-state index contributed by atoms with van der Waals surface area (Å²) in [6.07, 6.45) is 3.93. The molecule has 4 nitrogen and oxygen atoms in total. The van der Waals surface area contributed by atoms with Crippen molar-refractivity contribution < 1.29 is 18.3 Å². The fourth-order valence-corrected chi connectivity index (χ4v) is 4.48. The Balaban J connectivity index is 2.54. The molecule has 0 aromatic heterocycles. The van der Waals surface area contributed by atoms with Crippen molar-refractivity contribution >= 4 is 27.6 Å². The first kappa shape index (κ1) is 13.8. The first-order valence-electron chi connectivity index (χ1n) is 5.38. The predicted molar refractivity (Wildman–Crippen MR) is 65.5 cm³/mol. The van der Waals surface area contributed by atoms with Crippen molar-refractivity contribution in [3.63, 3.8) is 0 Å². The Hall–Kier alpha value is -0.230. The number of thioether (sulfide) groups is 1. The van der Waals surface area contributed by atoms with E-state index >= 15 is 0 Å². The Kier molecular flexibility index (Phi) is 5.11. The van der Waals surface area contributed by atoms with Crippen molar-refractivity contribution in [3.8, 4) is 0 Å². The molecule has 1 aliphatic rings. The molecule has 0 radical (unpaired) electrons. The molecule has 16 heavy (non-hydrogen) atoms. The van der Waals surface area contributed by atoms with Gasteiger partial charge in [-0.25, -0.2) is 8.42 Å². The van der Waals surface area contributed by atoms with Crippen LogP contribution in [0.5, 0.6) is 0 Å². The maximum Gasteiger partial charge on any atom is 0.306 e. The summed E-state index contributed by atoms with van der Waals surface area (Å²) in [5, 5.41) is 9.10. The molecule has 0 aromatic rings. The molecule has 0 aromatic carbocycles. The molecule has 0 bridgehead atoms. The van der Waals surface area contributed by atoms with Gasteiger partial charge in [0, 0.05) is 0 Å². The van der Waals surface area contributed by atoms with Crippen LogP contribution in [0.1, 0.15) is 19.3 Å². The van der Waals surface area contributed by atoms with Gasteiger partial charge in [0.15, 0.2) is 9.84 Å². The van der Waals surface area contributed by atoms with Gasteiger partial charge >= 0.3 is 5.97 Å². The predicted octanol–water partition coefficient (Wildman–Crippen LogP) is 1.27. The number of hydrogen-bond acceptors (Lipinski definition) is 4. The van der Waals surface area contributed by atoms with Gasteiger partial charge in [-0.05, 0) is 37.2 Å². The van der Waals surface area contributed by atoms with E-state index in [4.69, 9.17) is 5.11 Å². The minimum absolute atomic E-state index is 0.0588. The average molecular weight is 266 g/mol. The summed E-state index contributed by atoms with van der Waals surface area (Å²) in [5.74, 6) is -0.354. The Bertz CT molecular complexity index is 337. The van der Waals surface area contributed by atoms with E-state index in [1.807, 2.05) is 6.26 Å². The topological polar surface area (TPSA) is 71.4 Å². The molecule has 1 fully saturated rings. The van der Waals surface area contributed by atoms with E-state index in [1.54, 1.807) is 11.8 Å². The fourth-order valence-electron chi connectivity index (χ4n) is 2.15. The van der Waals surface area contributed by atoms with Crippen molar-refractivity contribution in [1.82, 2.24) is 0 Å². The number of hydrogen-bond donors (Lipinski definition) is 1. The minimum Gasteiger partial charge on any atom is -0.481 e. The summed E-state index contributed by atoms with van der Waals surface area (Å²) in [4.78, 5) is 11.1. The van der Waals surface area contributed by atoms with Gasteiger partial charge < -0.3 is 5.11 Å². The molecule has 0 spiro atoms. The lowest BCUT2D eigenvalue weighted by Crippen LogP contribution is -2.24. The van der Waals surface area contributed by atoms with Gasteiger partial charge in [0.2, 0.25) is 0 Å². The van der Waals surface area contributed by atoms with Crippen molar-refractivity contribution in [3.05, 3.63) is 0 Å². The number of carbonyl (C=O) groups is 1. The van der Waals surface area contributed by atoms with Crippen molar-refractivity contribution in [2.24, 2.45) is 11.8 Å². The monoisotopic (exact) mass is 266 g/mol. The third kappa shape index (κ3) is 3.97. The van der Waals surface area contributed by atoms with E-state index in [2.05, 4.69) is 0 Å². The van der Waals surface area contributed by atoms with E-state index < -0.39 is 21.7 Å². The number of rotatable bonds is 6. The van der Waals surface area contributed by atoms with Crippen LogP contribution in [0.15, 0.2) is 0 Å². The highest BCUT2D eigenvalue weighted by atomic mass is 32.2. The van der Waals surface area contributed by atoms with Gasteiger partial charge in [0.1, 0.15) is 0 Å². The van der Waals surface area contributed by atoms with Gasteiger partial charge in [-0.3, -0.25) is 4.79 Å². The lowest BCUT2D eigenvalue weighted by Gasteiger charge is -2.17. The summed E-state index contributed by atoms with van der Waals surface area (Å²) in [7, 11) is -2.97. The molecule has 0 aliphatic carbocycles. The minimum atomic E-state index is -2.97. The first-order chi connectivity index (χ1) is 7.46. The standard InChI is InChI=1S/C10H18O4S2/c1-15-5-2-3-9(10(11)12)8-4-6-16(13,14)7-8/h8-9H,2-7H2,1H3,(H,11,12). The van der Waals surface area contributed by atoms with Crippen LogP contribution in [-0.2, 0) is 14.6 Å². The molecule has 6 heteroatoms. The summed E-state index contributed by atoms with van der Waals surface area (Å²) in [6.45, 7) is 0. The van der Waals surface area contributed by atoms with Gasteiger partial charge in [0.05, 0.1) is 17.4 Å². The molecule has 0 amide bonds. The molecule has 94 valence electrons. The van der Waals surface area contributed by atoms with Crippen LogP contribution in [0, 0.1) is 11.8 Å². The Morgan fingerprint density at radius 1 is 1.56 bits per heavy atom. The zero-order valence-electron chi connectivity index (χ0n) is 9.39. The highest BCUT2D eigenvalue weighted by Gasteiger charge is 2.36. The van der Waals surface area contributed by atoms with E-state index in [0.717, 1.165) is 12.2 Å². The molecule has 1 aliphatic heterocycles. The smallest absolute Gasteiger partial charge is 0.306 e. The number of aliphatic carboxylic acids is 1. The van der Waals surface area contributed by atoms with Gasteiger partial charge in [-0.15, -0.1) is 0 Å². The van der Waals surface area contributed by atoms with Crippen LogP contribution in [-0.4, -0.2) is 43.0 Å². The van der Waals surface area contributed by atoms with Crippen LogP contribution in [0.2, 0.25) is 0 Å². The maximum atomic E-state index is 11.3. The number of carboxylic acids is 1. The van der Waals surface area contributed by atoms with Gasteiger partial charge in [-0.1, -0.05) is 0 Å². The van der Waals surface area contributed by atoms with E-state index in [0.29, 0.717) is 12.8 Å². The average Bonchev–Trinajstić information content (AvgIpc) is 2.53. The van der Waals surface area contributed by atoms with E-state index in [9.17, 15) is 13.2 Å². The second-order valence-electron chi connectivity index (χ2n) is 4.24. The highest BCUT2D eigenvalue weighted by Crippen LogP contribution is 2.29. The molecule has 2 unspecified atom stereocenters. The molecular formula is C10H18O4S2. The van der Waals surface area contributed by atoms with Gasteiger partial charge in [-0.2, -0.15) is 11.8 Å². The Labute approximate surface area is 101 Å². The fraction of sp³-hybridized carbons (Fsp3) is 0.900. The lowest BCUT2D eigenvalue weighted by atomic mass is 9.88. The normalized spacial score (nSPS) is 25.4. The molecule has 1 N–H and O–H groups in total. The summed E-state index contributed by atoms with van der Waals surface area (Å²) < 4.78 is 22.6. The van der Waals surface area contributed by atoms with Crippen LogP contribution in [0.3, 0.4) is 0 Å². The highest BCUT2D eigenvalue weighted by molar-refractivity contribution is 7.98. The zero-order chi connectivity index (χ0) is 12.2. The third-order valence-electron chi connectivity index (χ3n) is 3.02. The van der Waals surface area contributed by atoms with Crippen molar-refractivity contribution in [2.75, 3.05) is 23.5 Å². The van der Waals surface area contributed by atoms with Crippen molar-refractivity contribution in [2.45, 2.75) is 19.3 Å². The van der Waals surface area contributed by atoms with Crippen LogP contribution < -0.4 is 0 Å².